The van der Waals surface area contributed by atoms with Gasteiger partial charge in [-0.15, -0.1) is 0 Å². The van der Waals surface area contributed by atoms with E-state index >= 15 is 0 Å². The zero-order chi connectivity index (χ0) is 14.3. The van der Waals surface area contributed by atoms with Gasteiger partial charge in [-0.25, -0.2) is 4.98 Å². The average Bonchev–Trinajstić information content (AvgIpc) is 2.83. The normalized spacial score (nSPS) is 10.9. The van der Waals surface area contributed by atoms with E-state index in [2.05, 4.69) is 31.0 Å². The lowest BCUT2D eigenvalue weighted by atomic mass is 10.1. The molecule has 0 aliphatic carbocycles. The van der Waals surface area contributed by atoms with Gasteiger partial charge in [0.2, 0.25) is 0 Å². The van der Waals surface area contributed by atoms with Crippen molar-refractivity contribution in [2.45, 2.75) is 20.8 Å². The predicted octanol–water partition coefficient (Wildman–Crippen LogP) is 3.76. The van der Waals surface area contributed by atoms with E-state index in [1.807, 2.05) is 36.0 Å². The molecule has 0 saturated carbocycles. The molecule has 3 nitrogen and oxygen atoms in total. The fourth-order valence-electron chi connectivity index (χ4n) is 2.42. The van der Waals surface area contributed by atoms with Gasteiger partial charge in [-0.2, -0.15) is 0 Å². The second-order valence-corrected chi connectivity index (χ2v) is 5.20. The van der Waals surface area contributed by atoms with Crippen LogP contribution in [0, 0.1) is 20.8 Å². The Morgan fingerprint density at radius 1 is 1.00 bits per heavy atom. The van der Waals surface area contributed by atoms with Gasteiger partial charge in [0.1, 0.15) is 12.6 Å². The second-order valence-electron chi connectivity index (χ2n) is 5.20. The van der Waals surface area contributed by atoms with Crippen LogP contribution in [0.5, 0.6) is 0 Å². The SMILES string of the molecule is Cc1cc2ncn(-c3cc(C=O)ccc3C)c2cc1C. The molecule has 0 radical (unpaired) electrons. The molecule has 0 spiro atoms. The number of carbonyl (C=O) groups excluding carboxylic acids is 1. The highest BCUT2D eigenvalue weighted by molar-refractivity contribution is 5.81. The van der Waals surface area contributed by atoms with Crippen LogP contribution < -0.4 is 0 Å². The number of imidazole rings is 1. The Hall–Kier alpha value is -2.42. The third kappa shape index (κ3) is 1.92. The standard InChI is InChI=1S/C17H16N2O/c1-11-4-5-14(9-20)8-16(11)19-10-18-15-6-12(2)13(3)7-17(15)19/h4-10H,1-3H3. The van der Waals surface area contributed by atoms with Crippen LogP contribution in [-0.4, -0.2) is 15.8 Å². The Labute approximate surface area is 117 Å². The third-order valence-corrected chi connectivity index (χ3v) is 3.79. The monoisotopic (exact) mass is 264 g/mol. The van der Waals surface area contributed by atoms with Crippen molar-refractivity contribution in [3.8, 4) is 5.69 Å². The Balaban J connectivity index is 2.29. The quantitative estimate of drug-likeness (QED) is 0.660. The lowest BCUT2D eigenvalue weighted by molar-refractivity contribution is 0.112. The Kier molecular flexibility index (Phi) is 2.90. The molecule has 3 rings (SSSR count). The van der Waals surface area contributed by atoms with E-state index in [4.69, 9.17) is 0 Å². The Morgan fingerprint density at radius 2 is 1.75 bits per heavy atom. The topological polar surface area (TPSA) is 34.9 Å². The van der Waals surface area contributed by atoms with Gasteiger partial charge < -0.3 is 0 Å². The van der Waals surface area contributed by atoms with E-state index in [1.165, 1.54) is 11.1 Å². The molecule has 0 aliphatic rings. The number of rotatable bonds is 2. The smallest absolute Gasteiger partial charge is 0.150 e. The summed E-state index contributed by atoms with van der Waals surface area (Å²) in [6.07, 6.45) is 2.69. The van der Waals surface area contributed by atoms with Crippen LogP contribution in [0.4, 0.5) is 0 Å². The van der Waals surface area contributed by atoms with Gasteiger partial charge >= 0.3 is 0 Å². The van der Waals surface area contributed by atoms with Crippen LogP contribution in [-0.2, 0) is 0 Å². The number of aryl methyl sites for hydroxylation is 3. The lowest BCUT2D eigenvalue weighted by Crippen LogP contribution is -1.97. The molecule has 0 saturated heterocycles. The highest BCUT2D eigenvalue weighted by atomic mass is 16.1. The first-order chi connectivity index (χ1) is 9.60. The van der Waals surface area contributed by atoms with Crippen molar-refractivity contribution in [3.63, 3.8) is 0 Å². The number of aromatic nitrogens is 2. The molecule has 100 valence electrons. The second kappa shape index (κ2) is 4.60. The highest BCUT2D eigenvalue weighted by Gasteiger charge is 2.09. The van der Waals surface area contributed by atoms with Crippen molar-refractivity contribution in [2.75, 3.05) is 0 Å². The molecule has 3 aromatic rings. The van der Waals surface area contributed by atoms with E-state index in [-0.39, 0.29) is 0 Å². The summed E-state index contributed by atoms with van der Waals surface area (Å²) >= 11 is 0. The van der Waals surface area contributed by atoms with Crippen LogP contribution in [0.25, 0.3) is 16.7 Å². The van der Waals surface area contributed by atoms with Gasteiger partial charge in [0.15, 0.2) is 0 Å². The van der Waals surface area contributed by atoms with Crippen LogP contribution in [0.15, 0.2) is 36.7 Å². The summed E-state index contributed by atoms with van der Waals surface area (Å²) in [6, 6.07) is 9.94. The van der Waals surface area contributed by atoms with Gasteiger partial charge in [-0.3, -0.25) is 9.36 Å². The Morgan fingerprint density at radius 3 is 2.50 bits per heavy atom. The van der Waals surface area contributed by atoms with E-state index in [1.54, 1.807) is 0 Å². The van der Waals surface area contributed by atoms with Crippen molar-refractivity contribution >= 4 is 17.3 Å². The minimum Gasteiger partial charge on any atom is -0.299 e. The van der Waals surface area contributed by atoms with Gasteiger partial charge in [-0.05, 0) is 55.7 Å². The maximum atomic E-state index is 11.0. The number of hydrogen-bond acceptors (Lipinski definition) is 2. The highest BCUT2D eigenvalue weighted by Crippen LogP contribution is 2.24. The molecule has 3 heteroatoms. The molecule has 0 amide bonds. The fraction of sp³-hybridized carbons (Fsp3) is 0.176. The van der Waals surface area contributed by atoms with Crippen LogP contribution >= 0.6 is 0 Å². The minimum absolute atomic E-state index is 0.677. The number of aldehydes is 1. The van der Waals surface area contributed by atoms with E-state index < -0.39 is 0 Å². The molecule has 1 heterocycles. The third-order valence-electron chi connectivity index (χ3n) is 3.79. The molecule has 2 aromatic carbocycles. The van der Waals surface area contributed by atoms with E-state index in [0.29, 0.717) is 5.56 Å². The number of carbonyl (C=O) groups is 1. The Bertz CT molecular complexity index is 815. The van der Waals surface area contributed by atoms with Gasteiger partial charge in [0, 0.05) is 5.56 Å². The molecule has 0 bridgehead atoms. The largest absolute Gasteiger partial charge is 0.299 e. The lowest BCUT2D eigenvalue weighted by Gasteiger charge is -2.10. The average molecular weight is 264 g/mol. The maximum absolute atomic E-state index is 11.0. The predicted molar refractivity (Wildman–Crippen MR) is 80.7 cm³/mol. The zero-order valence-corrected chi connectivity index (χ0v) is 11.8. The minimum atomic E-state index is 0.677. The first-order valence-electron chi connectivity index (χ1n) is 6.60. The number of fused-ring (bicyclic) bond motifs is 1. The van der Waals surface area contributed by atoms with Gasteiger partial charge in [-0.1, -0.05) is 12.1 Å². The van der Waals surface area contributed by atoms with E-state index in [0.717, 1.165) is 28.6 Å². The molecule has 0 atom stereocenters. The fourth-order valence-corrected chi connectivity index (χ4v) is 2.42. The zero-order valence-electron chi connectivity index (χ0n) is 11.8. The first kappa shape index (κ1) is 12.6. The van der Waals surface area contributed by atoms with Crippen molar-refractivity contribution in [2.24, 2.45) is 0 Å². The number of benzene rings is 2. The molecule has 20 heavy (non-hydrogen) atoms. The first-order valence-corrected chi connectivity index (χ1v) is 6.60. The molecular formula is C17H16N2O. The summed E-state index contributed by atoms with van der Waals surface area (Å²) in [5.41, 5.74) is 7.32. The molecule has 0 N–H and O–H groups in total. The summed E-state index contributed by atoms with van der Waals surface area (Å²) in [4.78, 5) is 15.4. The molecule has 0 fully saturated rings. The summed E-state index contributed by atoms with van der Waals surface area (Å²) in [7, 11) is 0. The summed E-state index contributed by atoms with van der Waals surface area (Å²) < 4.78 is 2.05. The molecule has 0 aliphatic heterocycles. The van der Waals surface area contributed by atoms with Crippen LogP contribution in [0.1, 0.15) is 27.0 Å². The van der Waals surface area contributed by atoms with Crippen molar-refractivity contribution in [1.82, 2.24) is 9.55 Å². The number of hydrogen-bond donors (Lipinski definition) is 0. The molecular weight excluding hydrogens is 248 g/mol. The molecule has 1 aromatic heterocycles. The summed E-state index contributed by atoms with van der Waals surface area (Å²) in [6.45, 7) is 6.23. The van der Waals surface area contributed by atoms with Crippen molar-refractivity contribution in [1.29, 1.82) is 0 Å². The van der Waals surface area contributed by atoms with Crippen molar-refractivity contribution in [3.05, 3.63) is 58.9 Å². The van der Waals surface area contributed by atoms with Gasteiger partial charge in [0.25, 0.3) is 0 Å². The summed E-state index contributed by atoms with van der Waals surface area (Å²) in [5.74, 6) is 0. The van der Waals surface area contributed by atoms with E-state index in [9.17, 15) is 4.79 Å². The van der Waals surface area contributed by atoms with Crippen LogP contribution in [0.3, 0.4) is 0 Å². The maximum Gasteiger partial charge on any atom is 0.150 e. The number of nitrogens with zero attached hydrogens (tertiary/aromatic N) is 2. The van der Waals surface area contributed by atoms with Crippen molar-refractivity contribution < 1.29 is 4.79 Å². The van der Waals surface area contributed by atoms with Gasteiger partial charge in [0.05, 0.1) is 16.7 Å². The van der Waals surface area contributed by atoms with Crippen LogP contribution in [0.2, 0.25) is 0 Å². The summed E-state index contributed by atoms with van der Waals surface area (Å²) in [5, 5.41) is 0. The molecule has 0 unspecified atom stereocenters.